The van der Waals surface area contributed by atoms with Gasteiger partial charge in [0.15, 0.2) is 0 Å². The van der Waals surface area contributed by atoms with Crippen molar-refractivity contribution in [1.29, 1.82) is 0 Å². The molecule has 1 unspecified atom stereocenters. The maximum Gasteiger partial charge on any atom is 0.319 e. The first-order valence-electron chi connectivity index (χ1n) is 6.09. The predicted molar refractivity (Wildman–Crippen MR) is 58.9 cm³/mol. The Morgan fingerprint density at radius 2 is 2.06 bits per heavy atom. The quantitative estimate of drug-likeness (QED) is 0.674. The van der Waals surface area contributed by atoms with Gasteiger partial charge in [-0.05, 0) is 38.5 Å². The highest BCUT2D eigenvalue weighted by Gasteiger charge is 2.57. The molecule has 2 aliphatic rings. The van der Waals surface area contributed by atoms with Crippen molar-refractivity contribution in [3.63, 3.8) is 0 Å². The lowest BCUT2D eigenvalue weighted by molar-refractivity contribution is -0.149. The Hall–Kier alpha value is -1.06. The molecule has 1 amide bonds. The second-order valence-corrected chi connectivity index (χ2v) is 5.28. The summed E-state index contributed by atoms with van der Waals surface area (Å²) in [6, 6.07) is 0.102. The molecule has 2 fully saturated rings. The molecule has 0 saturated heterocycles. The van der Waals surface area contributed by atoms with Crippen molar-refractivity contribution in [1.82, 2.24) is 5.32 Å². The third-order valence-corrected chi connectivity index (χ3v) is 3.68. The van der Waals surface area contributed by atoms with E-state index in [1.807, 2.05) is 6.92 Å². The van der Waals surface area contributed by atoms with Crippen LogP contribution in [0.2, 0.25) is 0 Å². The van der Waals surface area contributed by atoms with E-state index < -0.39 is 11.4 Å². The SMILES string of the molecule is CC(CCC1CC1)NC(=O)C1(C(=O)O)CC1. The molecule has 2 rings (SSSR count). The van der Waals surface area contributed by atoms with Gasteiger partial charge < -0.3 is 10.4 Å². The first-order chi connectivity index (χ1) is 7.54. The standard InChI is InChI=1S/C12H19NO3/c1-8(2-3-9-4-5-9)13-10(14)12(6-7-12)11(15)16/h8-9H,2-7H2,1H3,(H,13,14)(H,15,16). The molecular formula is C12H19NO3. The third kappa shape index (κ3) is 2.36. The van der Waals surface area contributed by atoms with Crippen molar-refractivity contribution >= 4 is 11.9 Å². The van der Waals surface area contributed by atoms with Crippen LogP contribution in [0.25, 0.3) is 0 Å². The summed E-state index contributed by atoms with van der Waals surface area (Å²) < 4.78 is 0. The monoisotopic (exact) mass is 225 g/mol. The minimum absolute atomic E-state index is 0.102. The minimum atomic E-state index is -1.09. The van der Waals surface area contributed by atoms with E-state index in [0.717, 1.165) is 18.8 Å². The van der Waals surface area contributed by atoms with Crippen LogP contribution >= 0.6 is 0 Å². The molecule has 0 spiro atoms. The Bertz CT molecular complexity index is 305. The lowest BCUT2D eigenvalue weighted by Gasteiger charge is -2.16. The summed E-state index contributed by atoms with van der Waals surface area (Å²) >= 11 is 0. The van der Waals surface area contributed by atoms with Crippen LogP contribution in [0.3, 0.4) is 0 Å². The molecule has 90 valence electrons. The van der Waals surface area contributed by atoms with Crippen LogP contribution in [0.1, 0.15) is 45.4 Å². The first kappa shape index (κ1) is 11.4. The Labute approximate surface area is 95.4 Å². The molecule has 2 saturated carbocycles. The molecule has 0 aromatic heterocycles. The predicted octanol–water partition coefficient (Wildman–Crippen LogP) is 1.55. The number of amides is 1. The van der Waals surface area contributed by atoms with Crippen LogP contribution in [0.15, 0.2) is 0 Å². The molecule has 4 heteroatoms. The minimum Gasteiger partial charge on any atom is -0.480 e. The molecule has 0 aromatic rings. The van der Waals surface area contributed by atoms with Crippen molar-refractivity contribution < 1.29 is 14.7 Å². The van der Waals surface area contributed by atoms with Crippen LogP contribution < -0.4 is 5.32 Å². The van der Waals surface area contributed by atoms with Gasteiger partial charge in [0.25, 0.3) is 0 Å². The Kier molecular flexibility index (Phi) is 2.91. The molecule has 0 aliphatic heterocycles. The number of carboxylic acids is 1. The summed E-state index contributed by atoms with van der Waals surface area (Å²) in [6.07, 6.45) is 5.74. The van der Waals surface area contributed by atoms with Gasteiger partial charge >= 0.3 is 5.97 Å². The summed E-state index contributed by atoms with van der Waals surface area (Å²) in [6.45, 7) is 1.96. The van der Waals surface area contributed by atoms with Gasteiger partial charge in [0.1, 0.15) is 5.41 Å². The average molecular weight is 225 g/mol. The molecule has 0 radical (unpaired) electrons. The van der Waals surface area contributed by atoms with Gasteiger partial charge in [-0.25, -0.2) is 0 Å². The van der Waals surface area contributed by atoms with E-state index >= 15 is 0 Å². The topological polar surface area (TPSA) is 66.4 Å². The van der Waals surface area contributed by atoms with Crippen LogP contribution in [0.4, 0.5) is 0 Å². The smallest absolute Gasteiger partial charge is 0.319 e. The van der Waals surface area contributed by atoms with E-state index in [9.17, 15) is 9.59 Å². The van der Waals surface area contributed by atoms with Gasteiger partial charge in [0.05, 0.1) is 0 Å². The number of carbonyl (C=O) groups is 2. The van der Waals surface area contributed by atoms with E-state index in [-0.39, 0.29) is 11.9 Å². The zero-order valence-electron chi connectivity index (χ0n) is 9.66. The lowest BCUT2D eigenvalue weighted by atomic mass is 10.0. The number of rotatable bonds is 6. The third-order valence-electron chi connectivity index (χ3n) is 3.68. The maximum atomic E-state index is 11.7. The van der Waals surface area contributed by atoms with E-state index in [1.54, 1.807) is 0 Å². The van der Waals surface area contributed by atoms with Crippen molar-refractivity contribution in [3.8, 4) is 0 Å². The van der Waals surface area contributed by atoms with Crippen LogP contribution in [-0.4, -0.2) is 23.0 Å². The number of hydrogen-bond donors (Lipinski definition) is 2. The van der Waals surface area contributed by atoms with Gasteiger partial charge in [-0.3, -0.25) is 9.59 Å². The molecule has 2 aliphatic carbocycles. The molecule has 16 heavy (non-hydrogen) atoms. The average Bonchev–Trinajstić information content (AvgIpc) is 3.08. The van der Waals surface area contributed by atoms with E-state index in [4.69, 9.17) is 5.11 Å². The number of nitrogens with one attached hydrogen (secondary N) is 1. The molecular weight excluding hydrogens is 206 g/mol. The fourth-order valence-electron chi connectivity index (χ4n) is 1.99. The normalized spacial score (nSPS) is 23.6. The van der Waals surface area contributed by atoms with Crippen LogP contribution in [0.5, 0.6) is 0 Å². The molecule has 2 N–H and O–H groups in total. The second-order valence-electron chi connectivity index (χ2n) is 5.28. The lowest BCUT2D eigenvalue weighted by Crippen LogP contribution is -2.41. The van der Waals surface area contributed by atoms with Crippen molar-refractivity contribution in [2.75, 3.05) is 0 Å². The van der Waals surface area contributed by atoms with Crippen LogP contribution in [0, 0.1) is 11.3 Å². The van der Waals surface area contributed by atoms with Gasteiger partial charge in [-0.1, -0.05) is 12.8 Å². The molecule has 0 bridgehead atoms. The van der Waals surface area contributed by atoms with E-state index in [1.165, 1.54) is 12.8 Å². The zero-order chi connectivity index (χ0) is 11.8. The number of hydrogen-bond acceptors (Lipinski definition) is 2. The summed E-state index contributed by atoms with van der Waals surface area (Å²) in [5.41, 5.74) is -1.09. The number of aliphatic carboxylic acids is 1. The number of carboxylic acid groups (broad SMARTS) is 1. The van der Waals surface area contributed by atoms with Crippen molar-refractivity contribution in [3.05, 3.63) is 0 Å². The second kappa shape index (κ2) is 4.07. The summed E-state index contributed by atoms with van der Waals surface area (Å²) in [5.74, 6) is -0.406. The molecule has 0 aromatic carbocycles. The fraction of sp³-hybridized carbons (Fsp3) is 0.833. The Morgan fingerprint density at radius 3 is 2.50 bits per heavy atom. The van der Waals surface area contributed by atoms with Gasteiger partial charge in [-0.2, -0.15) is 0 Å². The van der Waals surface area contributed by atoms with Crippen molar-refractivity contribution in [2.24, 2.45) is 11.3 Å². The first-order valence-corrected chi connectivity index (χ1v) is 6.09. The van der Waals surface area contributed by atoms with E-state index in [2.05, 4.69) is 5.32 Å². The van der Waals surface area contributed by atoms with Crippen molar-refractivity contribution in [2.45, 2.75) is 51.5 Å². The number of carbonyl (C=O) groups excluding carboxylic acids is 1. The largest absolute Gasteiger partial charge is 0.480 e. The Morgan fingerprint density at radius 1 is 1.44 bits per heavy atom. The highest BCUT2D eigenvalue weighted by Crippen LogP contribution is 2.46. The summed E-state index contributed by atoms with van der Waals surface area (Å²) in [4.78, 5) is 22.7. The van der Waals surface area contributed by atoms with Gasteiger partial charge in [-0.15, -0.1) is 0 Å². The highest BCUT2D eigenvalue weighted by molar-refractivity contribution is 6.04. The van der Waals surface area contributed by atoms with Gasteiger partial charge in [0, 0.05) is 6.04 Å². The summed E-state index contributed by atoms with van der Waals surface area (Å²) in [7, 11) is 0. The summed E-state index contributed by atoms with van der Waals surface area (Å²) in [5, 5.41) is 11.8. The molecule has 4 nitrogen and oxygen atoms in total. The maximum absolute atomic E-state index is 11.7. The van der Waals surface area contributed by atoms with E-state index in [0.29, 0.717) is 12.8 Å². The zero-order valence-corrected chi connectivity index (χ0v) is 9.66. The van der Waals surface area contributed by atoms with Gasteiger partial charge in [0.2, 0.25) is 5.91 Å². The fourth-order valence-corrected chi connectivity index (χ4v) is 1.99. The molecule has 1 atom stereocenters. The highest BCUT2D eigenvalue weighted by atomic mass is 16.4. The molecule has 0 heterocycles. The van der Waals surface area contributed by atoms with Crippen LogP contribution in [-0.2, 0) is 9.59 Å². The Balaban J connectivity index is 1.75.